The molecule has 2 rings (SSSR count). The van der Waals surface area contributed by atoms with Crippen LogP contribution < -0.4 is 5.32 Å². The summed E-state index contributed by atoms with van der Waals surface area (Å²) in [6.07, 6.45) is 6.53. The molecule has 2 heteroatoms. The highest BCUT2D eigenvalue weighted by Gasteiger charge is 2.25. The second-order valence-electron chi connectivity index (χ2n) is 5.96. The fourth-order valence-electron chi connectivity index (χ4n) is 3.21. The Hall–Kier alpha value is -0.890. The van der Waals surface area contributed by atoms with Crippen molar-refractivity contribution < 1.29 is 4.39 Å². The first-order valence-electron chi connectivity index (χ1n) is 7.64. The Labute approximate surface area is 116 Å². The Balaban J connectivity index is 2.02. The van der Waals surface area contributed by atoms with Crippen molar-refractivity contribution in [2.75, 3.05) is 0 Å². The van der Waals surface area contributed by atoms with Crippen molar-refractivity contribution in [1.82, 2.24) is 5.32 Å². The average Bonchev–Trinajstić information content (AvgIpc) is 2.42. The number of rotatable bonds is 4. The standard InChI is InChI=1S/C17H26FN/c1-4-14-7-5-6-8-17(14)19-13(3)15-10-9-12(2)16(18)11-15/h9-11,13-14,17,19H,4-8H2,1-3H3. The van der Waals surface area contributed by atoms with Gasteiger partial charge in [-0.1, -0.05) is 38.3 Å². The lowest BCUT2D eigenvalue weighted by molar-refractivity contribution is 0.240. The molecule has 0 spiro atoms. The zero-order valence-electron chi connectivity index (χ0n) is 12.4. The van der Waals surface area contributed by atoms with Gasteiger partial charge in [-0.25, -0.2) is 4.39 Å². The maximum absolute atomic E-state index is 13.6. The van der Waals surface area contributed by atoms with Crippen molar-refractivity contribution >= 4 is 0 Å². The van der Waals surface area contributed by atoms with Gasteiger partial charge in [-0.2, -0.15) is 0 Å². The van der Waals surface area contributed by atoms with E-state index < -0.39 is 0 Å². The molecular formula is C17H26FN. The molecule has 1 fully saturated rings. The third-order valence-corrected chi connectivity index (χ3v) is 4.59. The molecule has 19 heavy (non-hydrogen) atoms. The molecule has 106 valence electrons. The van der Waals surface area contributed by atoms with Gasteiger partial charge in [0.2, 0.25) is 0 Å². The third kappa shape index (κ3) is 3.56. The average molecular weight is 263 g/mol. The molecule has 1 N–H and O–H groups in total. The number of aryl methyl sites for hydroxylation is 1. The highest BCUT2D eigenvalue weighted by atomic mass is 19.1. The van der Waals surface area contributed by atoms with E-state index in [1.807, 2.05) is 19.1 Å². The Morgan fingerprint density at radius 1 is 1.32 bits per heavy atom. The van der Waals surface area contributed by atoms with Crippen LogP contribution in [-0.4, -0.2) is 6.04 Å². The van der Waals surface area contributed by atoms with Crippen LogP contribution in [0.4, 0.5) is 4.39 Å². The van der Waals surface area contributed by atoms with Crippen LogP contribution in [0.2, 0.25) is 0 Å². The van der Waals surface area contributed by atoms with E-state index in [2.05, 4.69) is 19.2 Å². The van der Waals surface area contributed by atoms with E-state index in [-0.39, 0.29) is 11.9 Å². The minimum atomic E-state index is -0.0955. The minimum Gasteiger partial charge on any atom is -0.307 e. The highest BCUT2D eigenvalue weighted by Crippen LogP contribution is 2.29. The summed E-state index contributed by atoms with van der Waals surface area (Å²) < 4.78 is 13.6. The lowest BCUT2D eigenvalue weighted by Crippen LogP contribution is -2.39. The molecule has 1 aliphatic rings. The quantitative estimate of drug-likeness (QED) is 0.826. The molecule has 3 unspecified atom stereocenters. The molecule has 1 saturated carbocycles. The minimum absolute atomic E-state index is 0.0955. The lowest BCUT2D eigenvalue weighted by atomic mass is 9.82. The third-order valence-electron chi connectivity index (χ3n) is 4.59. The Morgan fingerprint density at radius 3 is 2.74 bits per heavy atom. The molecule has 1 aromatic rings. The van der Waals surface area contributed by atoms with Crippen LogP contribution in [0.1, 0.15) is 63.1 Å². The predicted octanol–water partition coefficient (Wildman–Crippen LogP) is 4.75. The fraction of sp³-hybridized carbons (Fsp3) is 0.647. The SMILES string of the molecule is CCC1CCCCC1NC(C)c1ccc(C)c(F)c1. The van der Waals surface area contributed by atoms with Crippen LogP contribution in [0.5, 0.6) is 0 Å². The van der Waals surface area contributed by atoms with Gasteiger partial charge in [0.05, 0.1) is 0 Å². The van der Waals surface area contributed by atoms with Crippen molar-refractivity contribution in [2.45, 2.75) is 65.0 Å². The Bertz CT molecular complexity index is 416. The summed E-state index contributed by atoms with van der Waals surface area (Å²) in [6, 6.07) is 6.42. The summed E-state index contributed by atoms with van der Waals surface area (Å²) >= 11 is 0. The largest absolute Gasteiger partial charge is 0.307 e. The summed E-state index contributed by atoms with van der Waals surface area (Å²) in [6.45, 7) is 6.23. The van der Waals surface area contributed by atoms with E-state index in [9.17, 15) is 4.39 Å². The van der Waals surface area contributed by atoms with Gasteiger partial charge in [0, 0.05) is 12.1 Å². The molecule has 0 amide bonds. The Kier molecular flexibility index (Phi) is 4.98. The van der Waals surface area contributed by atoms with Crippen molar-refractivity contribution in [3.05, 3.63) is 35.1 Å². The van der Waals surface area contributed by atoms with Crippen molar-refractivity contribution in [3.8, 4) is 0 Å². The zero-order chi connectivity index (χ0) is 13.8. The number of nitrogens with one attached hydrogen (secondary N) is 1. The summed E-state index contributed by atoms with van der Waals surface area (Å²) in [4.78, 5) is 0. The van der Waals surface area contributed by atoms with Crippen LogP contribution in [-0.2, 0) is 0 Å². The smallest absolute Gasteiger partial charge is 0.126 e. The van der Waals surface area contributed by atoms with Crippen molar-refractivity contribution in [3.63, 3.8) is 0 Å². The number of benzene rings is 1. The fourth-order valence-corrected chi connectivity index (χ4v) is 3.21. The summed E-state index contributed by atoms with van der Waals surface area (Å²) in [7, 11) is 0. The van der Waals surface area contributed by atoms with Crippen molar-refractivity contribution in [2.24, 2.45) is 5.92 Å². The first-order chi connectivity index (χ1) is 9.11. The Morgan fingerprint density at radius 2 is 2.05 bits per heavy atom. The van der Waals surface area contributed by atoms with E-state index >= 15 is 0 Å². The van der Waals surface area contributed by atoms with E-state index in [0.29, 0.717) is 6.04 Å². The molecule has 0 bridgehead atoms. The summed E-state index contributed by atoms with van der Waals surface area (Å²) in [5.74, 6) is 0.688. The van der Waals surface area contributed by atoms with Crippen molar-refractivity contribution in [1.29, 1.82) is 0 Å². The van der Waals surface area contributed by atoms with E-state index in [1.54, 1.807) is 6.07 Å². The molecule has 0 saturated heterocycles. The molecule has 0 aromatic heterocycles. The van der Waals surface area contributed by atoms with Gasteiger partial charge in [0.25, 0.3) is 0 Å². The van der Waals surface area contributed by atoms with Gasteiger partial charge in [-0.15, -0.1) is 0 Å². The second-order valence-corrected chi connectivity index (χ2v) is 5.96. The molecule has 3 atom stereocenters. The molecule has 0 radical (unpaired) electrons. The van der Waals surface area contributed by atoms with E-state index in [4.69, 9.17) is 0 Å². The predicted molar refractivity (Wildman–Crippen MR) is 78.7 cm³/mol. The van der Waals surface area contributed by atoms with Crippen LogP contribution in [0.25, 0.3) is 0 Å². The number of hydrogen-bond donors (Lipinski definition) is 1. The number of halogens is 1. The first kappa shape index (κ1) is 14.5. The summed E-state index contributed by atoms with van der Waals surface area (Å²) in [5, 5.41) is 3.72. The lowest BCUT2D eigenvalue weighted by Gasteiger charge is -2.34. The maximum Gasteiger partial charge on any atom is 0.126 e. The highest BCUT2D eigenvalue weighted by molar-refractivity contribution is 5.25. The van der Waals surface area contributed by atoms with Gasteiger partial charge < -0.3 is 5.32 Å². The monoisotopic (exact) mass is 263 g/mol. The maximum atomic E-state index is 13.6. The van der Waals surface area contributed by atoms with Gasteiger partial charge >= 0.3 is 0 Å². The molecular weight excluding hydrogens is 237 g/mol. The molecule has 1 nitrogen and oxygen atoms in total. The second kappa shape index (κ2) is 6.51. The number of hydrogen-bond acceptors (Lipinski definition) is 1. The van der Waals surface area contributed by atoms with Crippen LogP contribution in [0, 0.1) is 18.7 Å². The van der Waals surface area contributed by atoms with Gasteiger partial charge in [0.1, 0.15) is 5.82 Å². The van der Waals surface area contributed by atoms with Gasteiger partial charge in [0.15, 0.2) is 0 Å². The molecule has 0 heterocycles. The van der Waals surface area contributed by atoms with Gasteiger partial charge in [-0.3, -0.25) is 0 Å². The zero-order valence-corrected chi connectivity index (χ0v) is 12.4. The molecule has 1 aliphatic carbocycles. The topological polar surface area (TPSA) is 12.0 Å². The molecule has 0 aliphatic heterocycles. The van der Waals surface area contributed by atoms with Crippen LogP contribution >= 0.6 is 0 Å². The van der Waals surface area contributed by atoms with Crippen LogP contribution in [0.3, 0.4) is 0 Å². The van der Waals surface area contributed by atoms with E-state index in [1.165, 1.54) is 32.1 Å². The van der Waals surface area contributed by atoms with Crippen LogP contribution in [0.15, 0.2) is 18.2 Å². The summed E-state index contributed by atoms with van der Waals surface area (Å²) in [5.41, 5.74) is 1.78. The van der Waals surface area contributed by atoms with E-state index in [0.717, 1.165) is 17.0 Å². The normalized spacial score (nSPS) is 25.3. The molecule has 1 aromatic carbocycles. The first-order valence-corrected chi connectivity index (χ1v) is 7.64. The van der Waals surface area contributed by atoms with Gasteiger partial charge in [-0.05, 0) is 49.8 Å².